The first kappa shape index (κ1) is 12.4. The van der Waals surface area contributed by atoms with Crippen LogP contribution in [0.25, 0.3) is 0 Å². The first-order chi connectivity index (χ1) is 8.81. The molecule has 0 bridgehead atoms. The van der Waals surface area contributed by atoms with Gasteiger partial charge >= 0.3 is 0 Å². The topological polar surface area (TPSA) is 43.3 Å². The van der Waals surface area contributed by atoms with Gasteiger partial charge < -0.3 is 10.1 Å². The Hall–Kier alpha value is -2.07. The summed E-state index contributed by atoms with van der Waals surface area (Å²) in [7, 11) is 1.59. The van der Waals surface area contributed by atoms with E-state index >= 15 is 0 Å². The number of nitrogens with one attached hydrogen (secondary N) is 1. The molecule has 2 aromatic rings. The minimum Gasteiger partial charge on any atom is -0.380 e. The van der Waals surface area contributed by atoms with E-state index in [4.69, 9.17) is 4.74 Å². The molecule has 0 radical (unpaired) electrons. The molecular weight excluding hydrogens is 228 g/mol. The van der Waals surface area contributed by atoms with E-state index in [-0.39, 0.29) is 11.8 Å². The summed E-state index contributed by atoms with van der Waals surface area (Å²) >= 11 is 0. The van der Waals surface area contributed by atoms with Crippen LogP contribution in [0, 0.1) is 0 Å². The maximum Gasteiger partial charge on any atom is 0.252 e. The Balaban J connectivity index is 2.07. The number of methoxy groups -OCH3 is 1. The highest BCUT2D eigenvalue weighted by atomic mass is 16.5. The molecule has 1 unspecified atom stereocenters. The second-order valence-electron chi connectivity index (χ2n) is 3.88. The van der Waals surface area contributed by atoms with Crippen LogP contribution in [0.15, 0.2) is 59.5 Å². The fourth-order valence-electron chi connectivity index (χ4n) is 1.73. The van der Waals surface area contributed by atoms with Crippen molar-refractivity contribution in [3.8, 4) is 0 Å². The van der Waals surface area contributed by atoms with Crippen molar-refractivity contribution in [1.29, 1.82) is 0 Å². The molecule has 0 fully saturated rings. The zero-order valence-corrected chi connectivity index (χ0v) is 10.2. The first-order valence-electron chi connectivity index (χ1n) is 5.80. The van der Waals surface area contributed by atoms with Crippen LogP contribution in [0.4, 0.5) is 5.69 Å². The Morgan fingerprint density at radius 3 is 2.56 bits per heavy atom. The van der Waals surface area contributed by atoms with Crippen LogP contribution in [0.5, 0.6) is 0 Å². The zero-order valence-electron chi connectivity index (χ0n) is 10.2. The fourth-order valence-corrected chi connectivity index (χ4v) is 1.73. The molecule has 1 N–H and O–H groups in total. The molecule has 4 nitrogen and oxygen atoms in total. The number of pyridine rings is 1. The summed E-state index contributed by atoms with van der Waals surface area (Å²) in [6.07, 6.45) is 1.40. The molecule has 0 aliphatic carbocycles. The Morgan fingerprint density at radius 1 is 1.17 bits per heavy atom. The van der Waals surface area contributed by atoms with Crippen LogP contribution in [-0.2, 0) is 4.74 Å². The smallest absolute Gasteiger partial charge is 0.252 e. The molecule has 4 heteroatoms. The van der Waals surface area contributed by atoms with Crippen molar-refractivity contribution in [1.82, 2.24) is 4.57 Å². The van der Waals surface area contributed by atoms with E-state index in [1.807, 2.05) is 36.4 Å². The van der Waals surface area contributed by atoms with Crippen LogP contribution in [0.2, 0.25) is 0 Å². The number of benzene rings is 1. The van der Waals surface area contributed by atoms with E-state index in [1.54, 1.807) is 23.9 Å². The van der Waals surface area contributed by atoms with Gasteiger partial charge in [0.05, 0.1) is 6.54 Å². The number of hydrogen-bond acceptors (Lipinski definition) is 3. The number of hydrogen-bond donors (Lipinski definition) is 1. The van der Waals surface area contributed by atoms with Gasteiger partial charge in [0.25, 0.3) is 5.56 Å². The highest BCUT2D eigenvalue weighted by molar-refractivity contribution is 5.42. The molecule has 0 aliphatic heterocycles. The van der Waals surface area contributed by atoms with Gasteiger partial charge in [-0.3, -0.25) is 9.36 Å². The van der Waals surface area contributed by atoms with E-state index in [0.717, 1.165) is 5.69 Å². The molecule has 94 valence electrons. The van der Waals surface area contributed by atoms with E-state index in [0.29, 0.717) is 6.54 Å². The molecule has 1 aromatic carbocycles. The lowest BCUT2D eigenvalue weighted by molar-refractivity contribution is 0.0523. The average Bonchev–Trinajstić information content (AvgIpc) is 2.42. The van der Waals surface area contributed by atoms with Gasteiger partial charge in [-0.05, 0) is 18.2 Å². The fraction of sp³-hybridized carbons (Fsp3) is 0.214. The SMILES string of the molecule is COC(CNc1ccccc1)n1ccccc1=O. The van der Waals surface area contributed by atoms with E-state index in [9.17, 15) is 4.79 Å². The molecule has 0 aliphatic rings. The first-order valence-corrected chi connectivity index (χ1v) is 5.80. The van der Waals surface area contributed by atoms with Crippen molar-refractivity contribution in [3.05, 3.63) is 65.1 Å². The van der Waals surface area contributed by atoms with E-state index in [2.05, 4.69) is 5.32 Å². The zero-order chi connectivity index (χ0) is 12.8. The van der Waals surface area contributed by atoms with Gasteiger partial charge in [-0.1, -0.05) is 24.3 Å². The maximum absolute atomic E-state index is 11.7. The molecule has 0 saturated carbocycles. The lowest BCUT2D eigenvalue weighted by Crippen LogP contribution is -2.29. The van der Waals surface area contributed by atoms with Crippen molar-refractivity contribution in [3.63, 3.8) is 0 Å². The van der Waals surface area contributed by atoms with Crippen LogP contribution in [0.3, 0.4) is 0 Å². The maximum atomic E-state index is 11.7. The highest BCUT2D eigenvalue weighted by Gasteiger charge is 2.09. The van der Waals surface area contributed by atoms with Gasteiger partial charge in [0, 0.05) is 25.1 Å². The standard InChI is InChI=1S/C14H16N2O2/c1-18-14(16-10-6-5-9-13(16)17)11-15-12-7-3-2-4-8-12/h2-10,14-15H,11H2,1H3. The van der Waals surface area contributed by atoms with Crippen molar-refractivity contribution in [2.45, 2.75) is 6.23 Å². The predicted octanol–water partition coefficient (Wildman–Crippen LogP) is 2.11. The number of para-hydroxylation sites is 1. The molecule has 1 atom stereocenters. The quantitative estimate of drug-likeness (QED) is 0.876. The van der Waals surface area contributed by atoms with Crippen molar-refractivity contribution >= 4 is 5.69 Å². The molecule has 18 heavy (non-hydrogen) atoms. The van der Waals surface area contributed by atoms with Gasteiger partial charge in [-0.25, -0.2) is 0 Å². The Labute approximate surface area is 106 Å². The Morgan fingerprint density at radius 2 is 1.89 bits per heavy atom. The number of nitrogens with zero attached hydrogens (tertiary/aromatic N) is 1. The summed E-state index contributed by atoms with van der Waals surface area (Å²) in [5.74, 6) is 0. The number of aromatic nitrogens is 1. The highest BCUT2D eigenvalue weighted by Crippen LogP contribution is 2.09. The lowest BCUT2D eigenvalue weighted by atomic mass is 10.3. The van der Waals surface area contributed by atoms with Crippen molar-refractivity contribution in [2.75, 3.05) is 19.0 Å². The summed E-state index contributed by atoms with van der Waals surface area (Å²) < 4.78 is 6.90. The number of rotatable bonds is 5. The van der Waals surface area contributed by atoms with Crippen LogP contribution in [0.1, 0.15) is 6.23 Å². The van der Waals surface area contributed by atoms with Crippen LogP contribution < -0.4 is 10.9 Å². The van der Waals surface area contributed by atoms with Gasteiger partial charge in [0.1, 0.15) is 0 Å². The molecule has 1 aromatic heterocycles. The van der Waals surface area contributed by atoms with Crippen molar-refractivity contribution < 1.29 is 4.74 Å². The molecule has 2 rings (SSSR count). The molecule has 0 saturated heterocycles. The third-order valence-electron chi connectivity index (χ3n) is 2.69. The second kappa shape index (κ2) is 6.02. The minimum atomic E-state index is -0.320. The van der Waals surface area contributed by atoms with Gasteiger partial charge in [-0.15, -0.1) is 0 Å². The Kier molecular flexibility index (Phi) is 4.15. The predicted molar refractivity (Wildman–Crippen MR) is 71.7 cm³/mol. The van der Waals surface area contributed by atoms with Gasteiger partial charge in [-0.2, -0.15) is 0 Å². The molecule has 0 amide bonds. The third kappa shape index (κ3) is 2.99. The van der Waals surface area contributed by atoms with Crippen LogP contribution >= 0.6 is 0 Å². The van der Waals surface area contributed by atoms with Gasteiger partial charge in [0.2, 0.25) is 0 Å². The van der Waals surface area contributed by atoms with E-state index < -0.39 is 0 Å². The summed E-state index contributed by atoms with van der Waals surface area (Å²) in [5, 5.41) is 3.24. The Bertz CT molecular complexity index is 537. The average molecular weight is 244 g/mol. The minimum absolute atomic E-state index is 0.0702. The second-order valence-corrected chi connectivity index (χ2v) is 3.88. The van der Waals surface area contributed by atoms with Crippen LogP contribution in [-0.4, -0.2) is 18.2 Å². The summed E-state index contributed by atoms with van der Waals surface area (Å²) in [6.45, 7) is 0.532. The lowest BCUT2D eigenvalue weighted by Gasteiger charge is -2.19. The summed E-state index contributed by atoms with van der Waals surface area (Å²) in [5.41, 5.74) is 0.933. The number of ether oxygens (including phenoxy) is 1. The monoisotopic (exact) mass is 244 g/mol. The largest absolute Gasteiger partial charge is 0.380 e. The van der Waals surface area contributed by atoms with Gasteiger partial charge in [0.15, 0.2) is 6.23 Å². The number of anilines is 1. The molecule has 0 spiro atoms. The molecule has 1 heterocycles. The summed E-state index contributed by atoms with van der Waals surface area (Å²) in [4.78, 5) is 11.7. The summed E-state index contributed by atoms with van der Waals surface area (Å²) in [6, 6.07) is 14.9. The van der Waals surface area contributed by atoms with Crippen molar-refractivity contribution in [2.24, 2.45) is 0 Å². The third-order valence-corrected chi connectivity index (χ3v) is 2.69. The molecular formula is C14H16N2O2. The van der Waals surface area contributed by atoms with E-state index in [1.165, 1.54) is 6.07 Å². The normalized spacial score (nSPS) is 12.1.